The van der Waals surface area contributed by atoms with Gasteiger partial charge in [-0.15, -0.1) is 0 Å². The van der Waals surface area contributed by atoms with E-state index in [-0.39, 0.29) is 5.41 Å². The van der Waals surface area contributed by atoms with Crippen LogP contribution >= 0.6 is 0 Å². The molecule has 0 aliphatic carbocycles. The number of esters is 1. The molecule has 0 amide bonds. The maximum absolute atomic E-state index is 13.4. The van der Waals surface area contributed by atoms with Gasteiger partial charge in [0.05, 0.1) is 22.5 Å². The van der Waals surface area contributed by atoms with E-state index >= 15 is 0 Å². The Kier molecular flexibility index (Phi) is 7.32. The van der Waals surface area contributed by atoms with Crippen molar-refractivity contribution in [2.24, 2.45) is 11.3 Å². The summed E-state index contributed by atoms with van der Waals surface area (Å²) in [7, 11) is 0. The van der Waals surface area contributed by atoms with Crippen LogP contribution in [0, 0.1) is 29.6 Å². The largest absolute Gasteiger partial charge is 0.456 e. The molecule has 2 rings (SSSR count). The topological polar surface area (TPSA) is 63.0 Å². The fourth-order valence-electron chi connectivity index (χ4n) is 3.53. The molecule has 0 bridgehead atoms. The standard InChI is InChI=1S/C27H36N2O2/c1-17(2)14-21-24(25(30)31-27(7,8)9)23(19-12-10-18(3)11-13-19)20(16-28)22(29-21)15-26(4,5)6/h10-13,17H,14-15H2,1-9H3. The third kappa shape index (κ3) is 6.66. The lowest BCUT2D eigenvalue weighted by Gasteiger charge is -2.25. The number of aryl methyl sites for hydroxylation is 1. The number of nitrogens with zero attached hydrogens (tertiary/aromatic N) is 2. The number of benzene rings is 1. The molecule has 4 nitrogen and oxygen atoms in total. The first-order valence-electron chi connectivity index (χ1n) is 11.0. The minimum absolute atomic E-state index is 0.0499. The van der Waals surface area contributed by atoms with Crippen LogP contribution < -0.4 is 0 Å². The second-order valence-electron chi connectivity index (χ2n) is 10.9. The van der Waals surface area contributed by atoms with Crippen LogP contribution in [0.1, 0.15) is 88.3 Å². The maximum atomic E-state index is 13.4. The summed E-state index contributed by atoms with van der Waals surface area (Å²) < 4.78 is 5.78. The van der Waals surface area contributed by atoms with Crippen LogP contribution in [0.4, 0.5) is 0 Å². The molecule has 0 saturated heterocycles. The van der Waals surface area contributed by atoms with E-state index in [9.17, 15) is 10.1 Å². The van der Waals surface area contributed by atoms with E-state index in [0.29, 0.717) is 41.1 Å². The van der Waals surface area contributed by atoms with E-state index in [1.54, 1.807) is 0 Å². The lowest BCUT2D eigenvalue weighted by atomic mass is 9.84. The average molecular weight is 421 g/mol. The van der Waals surface area contributed by atoms with Gasteiger partial charge in [0.2, 0.25) is 0 Å². The van der Waals surface area contributed by atoms with Gasteiger partial charge in [-0.25, -0.2) is 4.79 Å². The van der Waals surface area contributed by atoms with E-state index in [4.69, 9.17) is 9.72 Å². The molecule has 0 fully saturated rings. The van der Waals surface area contributed by atoms with Crippen molar-refractivity contribution in [1.29, 1.82) is 5.26 Å². The number of hydrogen-bond donors (Lipinski definition) is 0. The smallest absolute Gasteiger partial charge is 0.341 e. The second-order valence-corrected chi connectivity index (χ2v) is 10.9. The predicted molar refractivity (Wildman–Crippen MR) is 126 cm³/mol. The minimum Gasteiger partial charge on any atom is -0.456 e. The number of carbonyl (C=O) groups excluding carboxylic acids is 1. The SMILES string of the molecule is Cc1ccc(-c2c(C#N)c(CC(C)(C)C)nc(CC(C)C)c2C(=O)OC(C)(C)C)cc1. The van der Waals surface area contributed by atoms with Gasteiger partial charge in [-0.05, 0) is 57.4 Å². The molecule has 1 aromatic heterocycles. The highest BCUT2D eigenvalue weighted by molar-refractivity contribution is 6.00. The number of ether oxygens (including phenoxy) is 1. The Labute approximate surface area is 187 Å². The Morgan fingerprint density at radius 1 is 1.06 bits per heavy atom. The number of pyridine rings is 1. The molecule has 0 atom stereocenters. The third-order valence-corrected chi connectivity index (χ3v) is 4.70. The van der Waals surface area contributed by atoms with Gasteiger partial charge in [-0.2, -0.15) is 5.26 Å². The molecular weight excluding hydrogens is 384 g/mol. The van der Waals surface area contributed by atoms with Crippen molar-refractivity contribution in [2.45, 2.75) is 80.8 Å². The van der Waals surface area contributed by atoms with Gasteiger partial charge in [-0.1, -0.05) is 64.4 Å². The van der Waals surface area contributed by atoms with Gasteiger partial charge in [0.15, 0.2) is 0 Å². The molecule has 4 heteroatoms. The normalized spacial score (nSPS) is 12.0. The van der Waals surface area contributed by atoms with Crippen LogP contribution in [0.2, 0.25) is 0 Å². The first kappa shape index (κ1) is 24.6. The molecule has 0 aliphatic rings. The molecule has 0 spiro atoms. The second kappa shape index (κ2) is 9.22. The summed E-state index contributed by atoms with van der Waals surface area (Å²) in [6.45, 7) is 18.2. The van der Waals surface area contributed by atoms with Crippen molar-refractivity contribution in [3.63, 3.8) is 0 Å². The van der Waals surface area contributed by atoms with E-state index in [0.717, 1.165) is 16.8 Å². The van der Waals surface area contributed by atoms with Gasteiger partial charge in [0.1, 0.15) is 11.7 Å². The van der Waals surface area contributed by atoms with E-state index in [1.165, 1.54) is 0 Å². The molecule has 0 aliphatic heterocycles. The summed E-state index contributed by atoms with van der Waals surface area (Å²) in [4.78, 5) is 18.3. The van der Waals surface area contributed by atoms with Gasteiger partial charge in [0, 0.05) is 5.56 Å². The van der Waals surface area contributed by atoms with E-state index in [1.807, 2.05) is 52.0 Å². The van der Waals surface area contributed by atoms with Crippen LogP contribution in [-0.2, 0) is 17.6 Å². The summed E-state index contributed by atoms with van der Waals surface area (Å²) in [5, 5.41) is 10.2. The van der Waals surface area contributed by atoms with Crippen molar-refractivity contribution in [3.8, 4) is 17.2 Å². The molecule has 1 aromatic carbocycles. The molecule has 31 heavy (non-hydrogen) atoms. The summed E-state index contributed by atoms with van der Waals surface area (Å²) >= 11 is 0. The molecule has 0 unspecified atom stereocenters. The quantitative estimate of drug-likeness (QED) is 0.507. The van der Waals surface area contributed by atoms with Crippen molar-refractivity contribution in [1.82, 2.24) is 4.98 Å². The number of rotatable bonds is 5. The first-order chi connectivity index (χ1) is 14.2. The molecule has 1 heterocycles. The Morgan fingerprint density at radius 2 is 1.65 bits per heavy atom. The van der Waals surface area contributed by atoms with Crippen molar-refractivity contribution >= 4 is 5.97 Å². The minimum atomic E-state index is -0.645. The van der Waals surface area contributed by atoms with E-state index < -0.39 is 11.6 Å². The molecule has 2 aromatic rings. The third-order valence-electron chi connectivity index (χ3n) is 4.70. The predicted octanol–water partition coefficient (Wildman–Crippen LogP) is 6.67. The Hall–Kier alpha value is -2.67. The van der Waals surface area contributed by atoms with Crippen molar-refractivity contribution in [3.05, 3.63) is 52.3 Å². The zero-order valence-corrected chi connectivity index (χ0v) is 20.5. The number of aromatic nitrogens is 1. The van der Waals surface area contributed by atoms with Crippen molar-refractivity contribution < 1.29 is 9.53 Å². The Bertz CT molecular complexity index is 982. The first-order valence-corrected chi connectivity index (χ1v) is 11.0. The highest BCUT2D eigenvalue weighted by atomic mass is 16.6. The summed E-state index contributed by atoms with van der Waals surface area (Å²) in [5.41, 5.74) is 4.24. The highest BCUT2D eigenvalue weighted by Gasteiger charge is 2.30. The molecular formula is C27H36N2O2. The van der Waals surface area contributed by atoms with Crippen LogP contribution in [0.3, 0.4) is 0 Å². The van der Waals surface area contributed by atoms with Gasteiger partial charge in [-0.3, -0.25) is 4.98 Å². The molecule has 0 saturated carbocycles. The number of carbonyl (C=O) groups is 1. The maximum Gasteiger partial charge on any atom is 0.341 e. The Balaban J connectivity index is 2.93. The van der Waals surface area contributed by atoms with Gasteiger partial charge >= 0.3 is 5.97 Å². The fourth-order valence-corrected chi connectivity index (χ4v) is 3.53. The monoisotopic (exact) mass is 420 g/mol. The molecule has 0 radical (unpaired) electrons. The van der Waals surface area contributed by atoms with Crippen LogP contribution in [0.25, 0.3) is 11.1 Å². The molecule has 166 valence electrons. The summed E-state index contributed by atoms with van der Waals surface area (Å²) in [5.74, 6) is -0.125. The number of hydrogen-bond acceptors (Lipinski definition) is 4. The lowest BCUT2D eigenvalue weighted by Crippen LogP contribution is -2.26. The summed E-state index contributed by atoms with van der Waals surface area (Å²) in [6, 6.07) is 10.3. The molecule has 0 N–H and O–H groups in total. The highest BCUT2D eigenvalue weighted by Crippen LogP contribution is 2.35. The van der Waals surface area contributed by atoms with Crippen molar-refractivity contribution in [2.75, 3.05) is 0 Å². The van der Waals surface area contributed by atoms with Crippen LogP contribution in [0.15, 0.2) is 24.3 Å². The Morgan fingerprint density at radius 3 is 2.10 bits per heavy atom. The summed E-state index contributed by atoms with van der Waals surface area (Å²) in [6.07, 6.45) is 1.28. The lowest BCUT2D eigenvalue weighted by molar-refractivity contribution is 0.00685. The van der Waals surface area contributed by atoms with E-state index in [2.05, 4.69) is 40.7 Å². The fraction of sp³-hybridized carbons (Fsp3) is 0.519. The zero-order chi connectivity index (χ0) is 23.6. The average Bonchev–Trinajstić information content (AvgIpc) is 2.58. The van der Waals surface area contributed by atoms with Crippen LogP contribution in [0.5, 0.6) is 0 Å². The number of nitriles is 1. The van der Waals surface area contributed by atoms with Crippen LogP contribution in [-0.4, -0.2) is 16.6 Å². The van der Waals surface area contributed by atoms with Gasteiger partial charge in [0.25, 0.3) is 0 Å². The zero-order valence-electron chi connectivity index (χ0n) is 20.5. The van der Waals surface area contributed by atoms with Gasteiger partial charge < -0.3 is 4.74 Å².